The van der Waals surface area contributed by atoms with Gasteiger partial charge in [-0.1, -0.05) is 0 Å². The molecule has 1 aromatic carbocycles. The Kier molecular flexibility index (Phi) is 7.34. The number of nitrogens with two attached hydrogens (primary N) is 1. The van der Waals surface area contributed by atoms with Gasteiger partial charge in [-0.25, -0.2) is 4.39 Å². The molecule has 2 N–H and O–H groups in total. The van der Waals surface area contributed by atoms with Crippen LogP contribution in [0.5, 0.6) is 5.75 Å². The zero-order valence-corrected chi connectivity index (χ0v) is 10.0. The third-order valence-electron chi connectivity index (χ3n) is 2.30. The summed E-state index contributed by atoms with van der Waals surface area (Å²) in [5.74, 6) is 0.409. The molecule has 0 amide bonds. The van der Waals surface area contributed by atoms with Gasteiger partial charge in [0.15, 0.2) is 0 Å². The van der Waals surface area contributed by atoms with Crippen molar-refractivity contribution in [2.45, 2.75) is 19.3 Å². The zero-order valence-electron chi connectivity index (χ0n) is 10.0. The van der Waals surface area contributed by atoms with Crippen LogP contribution in [0.2, 0.25) is 0 Å². The van der Waals surface area contributed by atoms with Gasteiger partial charge in [-0.05, 0) is 50.1 Å². The Bertz CT molecular complexity index is 290. The Morgan fingerprint density at radius 2 is 1.71 bits per heavy atom. The fourth-order valence-corrected chi connectivity index (χ4v) is 1.38. The van der Waals surface area contributed by atoms with E-state index in [4.69, 9.17) is 15.2 Å². The van der Waals surface area contributed by atoms with Crippen molar-refractivity contribution in [1.29, 1.82) is 0 Å². The lowest BCUT2D eigenvalue weighted by atomic mass is 10.2. The monoisotopic (exact) mass is 241 g/mol. The number of halogens is 1. The van der Waals surface area contributed by atoms with E-state index in [9.17, 15) is 4.39 Å². The average molecular weight is 241 g/mol. The van der Waals surface area contributed by atoms with Crippen LogP contribution in [0, 0.1) is 5.82 Å². The molecule has 0 aliphatic carbocycles. The smallest absolute Gasteiger partial charge is 0.123 e. The highest BCUT2D eigenvalue weighted by Gasteiger charge is 1.94. The van der Waals surface area contributed by atoms with Gasteiger partial charge in [0.2, 0.25) is 0 Å². The molecule has 0 unspecified atom stereocenters. The van der Waals surface area contributed by atoms with Crippen LogP contribution in [0.3, 0.4) is 0 Å². The second kappa shape index (κ2) is 8.96. The second-order valence-corrected chi connectivity index (χ2v) is 3.76. The van der Waals surface area contributed by atoms with Crippen LogP contribution in [0.15, 0.2) is 24.3 Å². The quantitative estimate of drug-likeness (QED) is 0.675. The fraction of sp³-hybridized carbons (Fsp3) is 0.538. The minimum atomic E-state index is -0.256. The summed E-state index contributed by atoms with van der Waals surface area (Å²) < 4.78 is 23.4. The summed E-state index contributed by atoms with van der Waals surface area (Å²) in [5.41, 5.74) is 5.38. The van der Waals surface area contributed by atoms with Gasteiger partial charge in [0.1, 0.15) is 18.2 Å². The number of benzene rings is 1. The lowest BCUT2D eigenvalue weighted by Gasteiger charge is -2.06. The highest BCUT2D eigenvalue weighted by molar-refractivity contribution is 5.21. The summed E-state index contributed by atoms with van der Waals surface area (Å²) in [6.07, 6.45) is 3.19. The summed E-state index contributed by atoms with van der Waals surface area (Å²) in [6.45, 7) is 2.53. The van der Waals surface area contributed by atoms with Gasteiger partial charge in [-0.3, -0.25) is 0 Å². The Morgan fingerprint density at radius 3 is 2.41 bits per heavy atom. The fourth-order valence-electron chi connectivity index (χ4n) is 1.38. The van der Waals surface area contributed by atoms with Crippen LogP contribution < -0.4 is 10.5 Å². The number of hydrogen-bond acceptors (Lipinski definition) is 3. The van der Waals surface area contributed by atoms with E-state index in [0.717, 1.165) is 32.4 Å². The molecule has 0 aliphatic heterocycles. The van der Waals surface area contributed by atoms with Crippen LogP contribution in [-0.2, 0) is 4.74 Å². The Hall–Kier alpha value is -1.13. The van der Waals surface area contributed by atoms with Crippen molar-refractivity contribution in [3.05, 3.63) is 30.1 Å². The number of rotatable bonds is 9. The molecule has 1 aromatic rings. The van der Waals surface area contributed by atoms with Crippen LogP contribution >= 0.6 is 0 Å². The van der Waals surface area contributed by atoms with E-state index in [0.29, 0.717) is 19.0 Å². The summed E-state index contributed by atoms with van der Waals surface area (Å²) in [5, 5.41) is 0. The first-order valence-electron chi connectivity index (χ1n) is 5.99. The Morgan fingerprint density at radius 1 is 0.941 bits per heavy atom. The normalized spacial score (nSPS) is 10.5. The lowest BCUT2D eigenvalue weighted by molar-refractivity contribution is 0.0972. The molecule has 4 heteroatoms. The van der Waals surface area contributed by atoms with Crippen molar-refractivity contribution in [1.82, 2.24) is 0 Å². The highest BCUT2D eigenvalue weighted by atomic mass is 19.1. The van der Waals surface area contributed by atoms with E-state index in [1.165, 1.54) is 12.1 Å². The summed E-state index contributed by atoms with van der Waals surface area (Å²) in [7, 11) is 0. The van der Waals surface area contributed by atoms with Crippen molar-refractivity contribution < 1.29 is 13.9 Å². The maximum atomic E-state index is 12.6. The van der Waals surface area contributed by atoms with Gasteiger partial charge in [-0.15, -0.1) is 0 Å². The maximum Gasteiger partial charge on any atom is 0.123 e. The van der Waals surface area contributed by atoms with E-state index in [-0.39, 0.29) is 5.82 Å². The highest BCUT2D eigenvalue weighted by Crippen LogP contribution is 2.10. The molecule has 0 spiro atoms. The van der Waals surface area contributed by atoms with Crippen LogP contribution in [0.1, 0.15) is 19.3 Å². The molecule has 0 fully saturated rings. The summed E-state index contributed by atoms with van der Waals surface area (Å²) >= 11 is 0. The molecule has 17 heavy (non-hydrogen) atoms. The molecule has 0 saturated heterocycles. The number of ether oxygens (including phenoxy) is 2. The SMILES string of the molecule is NCCCCCOCCOc1ccc(F)cc1. The zero-order chi connectivity index (χ0) is 12.3. The molecule has 0 heterocycles. The molecular formula is C13H20FNO2. The van der Waals surface area contributed by atoms with E-state index in [1.807, 2.05) is 0 Å². The van der Waals surface area contributed by atoms with Gasteiger partial charge < -0.3 is 15.2 Å². The lowest BCUT2D eigenvalue weighted by Crippen LogP contribution is -2.08. The van der Waals surface area contributed by atoms with E-state index < -0.39 is 0 Å². The minimum absolute atomic E-state index is 0.256. The van der Waals surface area contributed by atoms with Crippen molar-refractivity contribution in [2.24, 2.45) is 5.73 Å². The predicted octanol–water partition coefficient (Wildman–Crippen LogP) is 2.35. The van der Waals surface area contributed by atoms with Gasteiger partial charge in [0, 0.05) is 6.61 Å². The molecule has 0 bridgehead atoms. The topological polar surface area (TPSA) is 44.5 Å². The molecule has 0 atom stereocenters. The second-order valence-electron chi connectivity index (χ2n) is 3.76. The third kappa shape index (κ3) is 6.92. The van der Waals surface area contributed by atoms with Crippen LogP contribution in [-0.4, -0.2) is 26.4 Å². The van der Waals surface area contributed by atoms with Gasteiger partial charge in [0.05, 0.1) is 6.61 Å². The summed E-state index contributed by atoms with van der Waals surface area (Å²) in [6, 6.07) is 5.97. The molecule has 0 radical (unpaired) electrons. The van der Waals surface area contributed by atoms with Crippen LogP contribution in [0.25, 0.3) is 0 Å². The van der Waals surface area contributed by atoms with E-state index >= 15 is 0 Å². The minimum Gasteiger partial charge on any atom is -0.491 e. The Balaban J connectivity index is 1.95. The first-order valence-corrected chi connectivity index (χ1v) is 5.99. The molecule has 1 rings (SSSR count). The maximum absolute atomic E-state index is 12.6. The standard InChI is InChI=1S/C13H20FNO2/c14-12-4-6-13(7-5-12)17-11-10-16-9-3-1-2-8-15/h4-7H,1-3,8-11,15H2. The molecule has 0 aliphatic rings. The van der Waals surface area contributed by atoms with Gasteiger partial charge >= 0.3 is 0 Å². The predicted molar refractivity (Wildman–Crippen MR) is 65.6 cm³/mol. The van der Waals surface area contributed by atoms with Crippen molar-refractivity contribution >= 4 is 0 Å². The number of hydrogen-bond donors (Lipinski definition) is 1. The first kappa shape index (κ1) is 13.9. The molecule has 0 saturated carbocycles. The molecular weight excluding hydrogens is 221 g/mol. The third-order valence-corrected chi connectivity index (χ3v) is 2.30. The summed E-state index contributed by atoms with van der Waals surface area (Å²) in [4.78, 5) is 0. The first-order chi connectivity index (χ1) is 8.33. The molecule has 0 aromatic heterocycles. The van der Waals surface area contributed by atoms with Crippen molar-refractivity contribution in [3.63, 3.8) is 0 Å². The van der Waals surface area contributed by atoms with Crippen LogP contribution in [0.4, 0.5) is 4.39 Å². The van der Waals surface area contributed by atoms with Gasteiger partial charge in [-0.2, -0.15) is 0 Å². The van der Waals surface area contributed by atoms with Crippen molar-refractivity contribution in [3.8, 4) is 5.75 Å². The van der Waals surface area contributed by atoms with E-state index in [2.05, 4.69) is 0 Å². The average Bonchev–Trinajstić information content (AvgIpc) is 2.35. The Labute approximate surface area is 102 Å². The molecule has 96 valence electrons. The number of unbranched alkanes of at least 4 members (excludes halogenated alkanes) is 2. The molecule has 3 nitrogen and oxygen atoms in total. The van der Waals surface area contributed by atoms with E-state index in [1.54, 1.807) is 12.1 Å². The van der Waals surface area contributed by atoms with Crippen molar-refractivity contribution in [2.75, 3.05) is 26.4 Å². The largest absolute Gasteiger partial charge is 0.491 e. The van der Waals surface area contributed by atoms with Gasteiger partial charge in [0.25, 0.3) is 0 Å².